The van der Waals surface area contributed by atoms with Gasteiger partial charge in [-0.05, 0) is 30.2 Å². The molecule has 1 aromatic heterocycles. The molecule has 0 unspecified atom stereocenters. The maximum Gasteiger partial charge on any atom is 0.288 e. The number of alkyl halides is 2. The molecular weight excluding hydrogens is 414 g/mol. The number of amides is 1. The lowest BCUT2D eigenvalue weighted by Crippen LogP contribution is -2.25. The van der Waals surface area contributed by atoms with E-state index in [-0.39, 0.29) is 11.2 Å². The topological polar surface area (TPSA) is 69.6 Å². The van der Waals surface area contributed by atoms with Crippen molar-refractivity contribution in [3.8, 4) is 0 Å². The predicted molar refractivity (Wildman–Crippen MR) is 115 cm³/mol. The van der Waals surface area contributed by atoms with Crippen LogP contribution in [0.5, 0.6) is 0 Å². The minimum Gasteiger partial charge on any atom is -0.361 e. The minimum absolute atomic E-state index is 0.137. The second kappa shape index (κ2) is 8.79. The number of carbonyl (C=O) groups is 1. The Morgan fingerprint density at radius 2 is 1.97 bits per heavy atom. The summed E-state index contributed by atoms with van der Waals surface area (Å²) in [6.45, 7) is 0. The van der Waals surface area contributed by atoms with E-state index in [1.807, 2.05) is 30.5 Å². The van der Waals surface area contributed by atoms with Gasteiger partial charge in [0, 0.05) is 27.6 Å². The number of hydrogen-bond acceptors (Lipinski definition) is 5. The average Bonchev–Trinajstić information content (AvgIpc) is 3.27. The number of para-hydroxylation sites is 1. The first-order valence-electron chi connectivity index (χ1n) is 8.77. The van der Waals surface area contributed by atoms with Crippen LogP contribution in [0.25, 0.3) is 10.9 Å². The first-order valence-corrected chi connectivity index (χ1v) is 10.5. The molecule has 0 saturated carbocycles. The Morgan fingerprint density at radius 1 is 1.17 bits per heavy atom. The second-order valence-corrected chi connectivity index (χ2v) is 8.52. The number of amidine groups is 1. The number of hydrogen-bond donors (Lipinski definition) is 2. The number of nitrogens with zero attached hydrogens (tertiary/aromatic N) is 2. The van der Waals surface area contributed by atoms with Gasteiger partial charge in [0.2, 0.25) is 5.91 Å². The quantitative estimate of drug-likeness (QED) is 0.340. The highest BCUT2D eigenvalue weighted by Gasteiger charge is 2.30. The third kappa shape index (κ3) is 4.86. The van der Waals surface area contributed by atoms with E-state index in [0.29, 0.717) is 28.2 Å². The molecule has 2 N–H and O–H groups in total. The number of halogens is 2. The number of aromatic nitrogens is 1. The first-order chi connectivity index (χ1) is 14.1. The summed E-state index contributed by atoms with van der Waals surface area (Å²) in [5, 5.41) is 12.1. The highest BCUT2D eigenvalue weighted by Crippen LogP contribution is 2.27. The van der Waals surface area contributed by atoms with Gasteiger partial charge in [0.25, 0.3) is 5.76 Å². The molecule has 1 aliphatic rings. The Balaban J connectivity index is 1.38. The summed E-state index contributed by atoms with van der Waals surface area (Å²) in [5.41, 5.74) is 2.83. The van der Waals surface area contributed by atoms with E-state index >= 15 is 0 Å². The van der Waals surface area contributed by atoms with Crippen LogP contribution in [0.3, 0.4) is 0 Å². The molecular formula is C20H16F2N4OS2. The molecule has 0 radical (unpaired) electrons. The maximum absolute atomic E-state index is 12.4. The lowest BCUT2D eigenvalue weighted by molar-refractivity contribution is -0.118. The van der Waals surface area contributed by atoms with Crippen molar-refractivity contribution in [2.45, 2.75) is 22.3 Å². The van der Waals surface area contributed by atoms with E-state index < -0.39 is 5.76 Å². The third-order valence-electron chi connectivity index (χ3n) is 4.31. The van der Waals surface area contributed by atoms with Gasteiger partial charge in [0.05, 0.1) is 11.5 Å². The smallest absolute Gasteiger partial charge is 0.288 e. The van der Waals surface area contributed by atoms with Gasteiger partial charge < -0.3 is 10.3 Å². The van der Waals surface area contributed by atoms with E-state index in [2.05, 4.69) is 20.5 Å². The number of carbonyl (C=O) groups excluding carboxylic acids is 1. The average molecular weight is 431 g/mol. The maximum atomic E-state index is 12.4. The monoisotopic (exact) mass is 430 g/mol. The first kappa shape index (κ1) is 19.7. The van der Waals surface area contributed by atoms with Gasteiger partial charge in [-0.15, -0.1) is 5.10 Å². The summed E-state index contributed by atoms with van der Waals surface area (Å²) in [7, 11) is 0. The molecule has 2 aromatic carbocycles. The summed E-state index contributed by atoms with van der Waals surface area (Å²) in [6, 6.07) is 14.7. The van der Waals surface area contributed by atoms with Crippen LogP contribution in [0.2, 0.25) is 0 Å². The van der Waals surface area contributed by atoms with Crippen LogP contribution < -0.4 is 5.32 Å². The highest BCUT2D eigenvalue weighted by atomic mass is 32.2. The molecule has 5 nitrogen and oxygen atoms in total. The van der Waals surface area contributed by atoms with Crippen LogP contribution in [0.4, 0.5) is 8.78 Å². The van der Waals surface area contributed by atoms with Gasteiger partial charge in [-0.25, -0.2) is 0 Å². The number of fused-ring (bicyclic) bond motifs is 1. The molecule has 1 amide bonds. The van der Waals surface area contributed by atoms with Crippen molar-refractivity contribution >= 4 is 51.7 Å². The van der Waals surface area contributed by atoms with Gasteiger partial charge in [-0.1, -0.05) is 53.9 Å². The number of thioether (sulfide) groups is 2. The standard InChI is InChI=1S/C20H16F2N4OS2/c21-19(22)28-14-7-5-12(6-8-14)9-17-18(27)25-20(29-17)26-24-11-13-10-23-16-4-2-1-3-15(13)16/h1-8,10-11,17,19,23H,9H2,(H,25,26,27)/b24-11-/t17-/m1/s1. The largest absolute Gasteiger partial charge is 0.361 e. The lowest BCUT2D eigenvalue weighted by Gasteiger charge is -2.06. The van der Waals surface area contributed by atoms with Crippen LogP contribution >= 0.6 is 23.5 Å². The normalized spacial score (nSPS) is 18.4. The van der Waals surface area contributed by atoms with Crippen molar-refractivity contribution in [2.75, 3.05) is 0 Å². The van der Waals surface area contributed by atoms with Crippen LogP contribution in [0, 0.1) is 0 Å². The van der Waals surface area contributed by atoms with Crippen LogP contribution in [-0.4, -0.2) is 33.3 Å². The Hall–Kier alpha value is -2.65. The molecule has 4 rings (SSSR count). The summed E-state index contributed by atoms with van der Waals surface area (Å²) in [4.78, 5) is 15.9. The van der Waals surface area contributed by atoms with Crippen molar-refractivity contribution < 1.29 is 13.6 Å². The summed E-state index contributed by atoms with van der Waals surface area (Å²) in [6.07, 6.45) is 3.99. The van der Waals surface area contributed by atoms with Crippen LogP contribution in [-0.2, 0) is 11.2 Å². The number of benzene rings is 2. The van der Waals surface area contributed by atoms with Crippen LogP contribution in [0.1, 0.15) is 11.1 Å². The van der Waals surface area contributed by atoms with E-state index in [1.165, 1.54) is 11.8 Å². The van der Waals surface area contributed by atoms with Gasteiger partial charge >= 0.3 is 0 Å². The van der Waals surface area contributed by atoms with E-state index in [0.717, 1.165) is 22.0 Å². The Labute approximate surface area is 174 Å². The third-order valence-corrected chi connectivity index (χ3v) is 6.11. The van der Waals surface area contributed by atoms with E-state index in [4.69, 9.17) is 0 Å². The fraction of sp³-hybridized carbons (Fsp3) is 0.150. The van der Waals surface area contributed by atoms with Crippen molar-refractivity contribution in [2.24, 2.45) is 10.2 Å². The van der Waals surface area contributed by atoms with Crippen molar-refractivity contribution in [3.05, 3.63) is 65.9 Å². The summed E-state index contributed by atoms with van der Waals surface area (Å²) < 4.78 is 24.8. The predicted octanol–water partition coefficient (Wildman–Crippen LogP) is 4.65. The second-order valence-electron chi connectivity index (χ2n) is 6.26. The molecule has 1 fully saturated rings. The molecule has 29 heavy (non-hydrogen) atoms. The fourth-order valence-corrected chi connectivity index (χ4v) is 4.42. The minimum atomic E-state index is -2.44. The lowest BCUT2D eigenvalue weighted by atomic mass is 10.1. The zero-order valence-electron chi connectivity index (χ0n) is 15.0. The van der Waals surface area contributed by atoms with E-state index in [1.54, 1.807) is 30.5 Å². The summed E-state index contributed by atoms with van der Waals surface area (Å²) >= 11 is 1.82. The van der Waals surface area contributed by atoms with E-state index in [9.17, 15) is 13.6 Å². The SMILES string of the molecule is O=C1N/C(=N/N=C\c2c[nH]c3ccccc23)S[C@@H]1Cc1ccc(SC(F)F)cc1. The Morgan fingerprint density at radius 3 is 2.76 bits per heavy atom. The number of nitrogens with one attached hydrogen (secondary N) is 2. The molecule has 1 aliphatic heterocycles. The van der Waals surface area contributed by atoms with Crippen molar-refractivity contribution in [1.82, 2.24) is 10.3 Å². The molecule has 0 spiro atoms. The molecule has 9 heteroatoms. The van der Waals surface area contributed by atoms with Gasteiger partial charge in [-0.2, -0.15) is 13.9 Å². The molecule has 0 aliphatic carbocycles. The highest BCUT2D eigenvalue weighted by molar-refractivity contribution is 8.15. The molecule has 1 atom stereocenters. The number of H-pyrrole nitrogens is 1. The number of aromatic amines is 1. The molecule has 3 aromatic rings. The molecule has 2 heterocycles. The fourth-order valence-electron chi connectivity index (χ4n) is 2.95. The Kier molecular flexibility index (Phi) is 5.96. The van der Waals surface area contributed by atoms with Crippen molar-refractivity contribution in [3.63, 3.8) is 0 Å². The number of rotatable bonds is 6. The van der Waals surface area contributed by atoms with Gasteiger partial charge in [-0.3, -0.25) is 4.79 Å². The Bertz CT molecular complexity index is 1080. The molecule has 0 bridgehead atoms. The van der Waals surface area contributed by atoms with Crippen LogP contribution in [0.15, 0.2) is 69.8 Å². The van der Waals surface area contributed by atoms with Gasteiger partial charge in [0.1, 0.15) is 0 Å². The molecule has 148 valence electrons. The van der Waals surface area contributed by atoms with Gasteiger partial charge in [0.15, 0.2) is 5.17 Å². The zero-order chi connectivity index (χ0) is 20.2. The summed E-state index contributed by atoms with van der Waals surface area (Å²) in [5.74, 6) is -2.58. The van der Waals surface area contributed by atoms with Crippen molar-refractivity contribution in [1.29, 1.82) is 0 Å². The zero-order valence-corrected chi connectivity index (χ0v) is 16.6. The molecule has 1 saturated heterocycles.